The van der Waals surface area contributed by atoms with E-state index in [0.717, 1.165) is 12.0 Å². The van der Waals surface area contributed by atoms with Crippen LogP contribution in [0.2, 0.25) is 0 Å². The number of hydrogen-bond acceptors (Lipinski definition) is 3. The standard InChI is InChI=1S/C14H21FN2O2/c1-4-7-16-14(18)10(2)17-9-11-5-6-13(19-3)12(15)8-11/h5-6,8,10,17H,4,7,9H2,1-3H3,(H,16,18). The Morgan fingerprint density at radius 1 is 1.47 bits per heavy atom. The van der Waals surface area contributed by atoms with E-state index in [0.29, 0.717) is 13.1 Å². The highest BCUT2D eigenvalue weighted by Gasteiger charge is 2.11. The first-order valence-electron chi connectivity index (χ1n) is 6.42. The summed E-state index contributed by atoms with van der Waals surface area (Å²) in [4.78, 5) is 11.6. The normalized spacial score (nSPS) is 12.0. The van der Waals surface area contributed by atoms with Gasteiger partial charge in [0.2, 0.25) is 5.91 Å². The molecule has 0 bridgehead atoms. The molecule has 106 valence electrons. The molecule has 1 rings (SSSR count). The van der Waals surface area contributed by atoms with E-state index in [9.17, 15) is 9.18 Å². The van der Waals surface area contributed by atoms with Crippen LogP contribution in [0.4, 0.5) is 4.39 Å². The molecule has 0 radical (unpaired) electrons. The largest absolute Gasteiger partial charge is 0.494 e. The number of hydrogen-bond donors (Lipinski definition) is 2. The summed E-state index contributed by atoms with van der Waals surface area (Å²) in [5.74, 6) is -0.224. The van der Waals surface area contributed by atoms with Crippen molar-refractivity contribution in [2.75, 3.05) is 13.7 Å². The van der Waals surface area contributed by atoms with Gasteiger partial charge in [-0.25, -0.2) is 4.39 Å². The van der Waals surface area contributed by atoms with Gasteiger partial charge in [0, 0.05) is 13.1 Å². The van der Waals surface area contributed by atoms with Crippen molar-refractivity contribution in [3.8, 4) is 5.75 Å². The maximum atomic E-state index is 13.5. The number of carbonyl (C=O) groups is 1. The summed E-state index contributed by atoms with van der Waals surface area (Å²) >= 11 is 0. The molecule has 1 atom stereocenters. The fourth-order valence-electron chi connectivity index (χ4n) is 1.58. The third kappa shape index (κ3) is 4.87. The summed E-state index contributed by atoms with van der Waals surface area (Å²) in [7, 11) is 1.43. The molecule has 19 heavy (non-hydrogen) atoms. The third-order valence-corrected chi connectivity index (χ3v) is 2.77. The van der Waals surface area contributed by atoms with E-state index in [1.165, 1.54) is 13.2 Å². The number of nitrogens with one attached hydrogen (secondary N) is 2. The Bertz CT molecular complexity index is 424. The maximum Gasteiger partial charge on any atom is 0.236 e. The van der Waals surface area contributed by atoms with Crippen molar-refractivity contribution in [3.05, 3.63) is 29.6 Å². The zero-order chi connectivity index (χ0) is 14.3. The van der Waals surface area contributed by atoms with Crippen LogP contribution in [0.5, 0.6) is 5.75 Å². The highest BCUT2D eigenvalue weighted by Crippen LogP contribution is 2.17. The highest BCUT2D eigenvalue weighted by atomic mass is 19.1. The van der Waals surface area contributed by atoms with Crippen LogP contribution in [0.15, 0.2) is 18.2 Å². The number of benzene rings is 1. The lowest BCUT2D eigenvalue weighted by atomic mass is 10.2. The van der Waals surface area contributed by atoms with Crippen molar-refractivity contribution in [2.45, 2.75) is 32.9 Å². The molecule has 1 unspecified atom stereocenters. The molecule has 0 aromatic heterocycles. The molecular weight excluding hydrogens is 247 g/mol. The van der Waals surface area contributed by atoms with Crippen LogP contribution in [0.1, 0.15) is 25.8 Å². The van der Waals surface area contributed by atoms with Crippen molar-refractivity contribution in [1.29, 1.82) is 0 Å². The van der Waals surface area contributed by atoms with Crippen LogP contribution in [0.3, 0.4) is 0 Å². The molecule has 1 aromatic carbocycles. The van der Waals surface area contributed by atoms with E-state index in [1.807, 2.05) is 6.92 Å². The molecule has 0 spiro atoms. The second-order valence-corrected chi connectivity index (χ2v) is 4.36. The van der Waals surface area contributed by atoms with Crippen LogP contribution >= 0.6 is 0 Å². The molecule has 1 aromatic rings. The Kier molecular flexibility index (Phi) is 6.29. The second kappa shape index (κ2) is 7.74. The van der Waals surface area contributed by atoms with Gasteiger partial charge in [0.15, 0.2) is 11.6 Å². The topological polar surface area (TPSA) is 50.4 Å². The predicted octanol–water partition coefficient (Wildman–Crippen LogP) is 1.84. The SMILES string of the molecule is CCCNC(=O)C(C)NCc1ccc(OC)c(F)c1. The molecule has 0 aliphatic carbocycles. The molecule has 0 fully saturated rings. The first-order valence-corrected chi connectivity index (χ1v) is 6.42. The van der Waals surface area contributed by atoms with Gasteiger partial charge >= 0.3 is 0 Å². The zero-order valence-corrected chi connectivity index (χ0v) is 11.6. The summed E-state index contributed by atoms with van der Waals surface area (Å²) in [5.41, 5.74) is 0.772. The van der Waals surface area contributed by atoms with Gasteiger partial charge in [-0.05, 0) is 31.0 Å². The first-order chi connectivity index (χ1) is 9.08. The van der Waals surface area contributed by atoms with Crippen LogP contribution in [0, 0.1) is 5.82 Å². The van der Waals surface area contributed by atoms with Crippen LogP contribution in [-0.2, 0) is 11.3 Å². The van der Waals surface area contributed by atoms with Crippen molar-refractivity contribution in [1.82, 2.24) is 10.6 Å². The van der Waals surface area contributed by atoms with Crippen LogP contribution in [0.25, 0.3) is 0 Å². The van der Waals surface area contributed by atoms with Crippen molar-refractivity contribution >= 4 is 5.91 Å². The quantitative estimate of drug-likeness (QED) is 0.793. The smallest absolute Gasteiger partial charge is 0.236 e. The minimum Gasteiger partial charge on any atom is -0.494 e. The Balaban J connectivity index is 2.48. The fraction of sp³-hybridized carbons (Fsp3) is 0.500. The van der Waals surface area contributed by atoms with Crippen molar-refractivity contribution in [3.63, 3.8) is 0 Å². The molecular formula is C14H21FN2O2. The van der Waals surface area contributed by atoms with E-state index in [4.69, 9.17) is 4.74 Å². The van der Waals surface area contributed by atoms with Gasteiger partial charge in [0.25, 0.3) is 0 Å². The van der Waals surface area contributed by atoms with Gasteiger partial charge in [0.05, 0.1) is 13.2 Å². The van der Waals surface area contributed by atoms with Crippen molar-refractivity contribution < 1.29 is 13.9 Å². The van der Waals surface area contributed by atoms with Crippen LogP contribution in [-0.4, -0.2) is 25.6 Å². The Labute approximate surface area is 113 Å². The first kappa shape index (κ1) is 15.4. The number of carbonyl (C=O) groups excluding carboxylic acids is 1. The zero-order valence-electron chi connectivity index (χ0n) is 11.6. The van der Waals surface area contributed by atoms with E-state index in [-0.39, 0.29) is 17.7 Å². The van der Waals surface area contributed by atoms with E-state index < -0.39 is 5.82 Å². The molecule has 0 saturated carbocycles. The second-order valence-electron chi connectivity index (χ2n) is 4.36. The third-order valence-electron chi connectivity index (χ3n) is 2.77. The molecule has 0 saturated heterocycles. The molecule has 2 N–H and O–H groups in total. The number of rotatable bonds is 7. The molecule has 5 heteroatoms. The summed E-state index contributed by atoms with van der Waals surface area (Å²) in [5, 5.41) is 5.86. The predicted molar refractivity (Wildman–Crippen MR) is 72.6 cm³/mol. The summed E-state index contributed by atoms with van der Waals surface area (Å²) < 4.78 is 18.3. The molecule has 0 aliphatic rings. The van der Waals surface area contributed by atoms with Crippen molar-refractivity contribution in [2.24, 2.45) is 0 Å². The number of methoxy groups -OCH3 is 1. The summed E-state index contributed by atoms with van der Waals surface area (Å²) in [6.07, 6.45) is 0.905. The van der Waals surface area contributed by atoms with Gasteiger partial charge in [-0.3, -0.25) is 4.79 Å². The lowest BCUT2D eigenvalue weighted by Gasteiger charge is -2.14. The molecule has 0 aliphatic heterocycles. The molecule has 0 heterocycles. The summed E-state index contributed by atoms with van der Waals surface area (Å²) in [6.45, 7) is 4.88. The Morgan fingerprint density at radius 3 is 2.79 bits per heavy atom. The molecule has 1 amide bonds. The number of halogens is 1. The Morgan fingerprint density at radius 2 is 2.21 bits per heavy atom. The van der Waals surface area contributed by atoms with Gasteiger partial charge < -0.3 is 15.4 Å². The average molecular weight is 268 g/mol. The van der Waals surface area contributed by atoms with Gasteiger partial charge in [-0.1, -0.05) is 13.0 Å². The summed E-state index contributed by atoms with van der Waals surface area (Å²) in [6, 6.07) is 4.44. The van der Waals surface area contributed by atoms with E-state index in [1.54, 1.807) is 19.1 Å². The van der Waals surface area contributed by atoms with Gasteiger partial charge in [0.1, 0.15) is 0 Å². The van der Waals surface area contributed by atoms with Crippen LogP contribution < -0.4 is 15.4 Å². The van der Waals surface area contributed by atoms with E-state index >= 15 is 0 Å². The fourth-order valence-corrected chi connectivity index (χ4v) is 1.58. The van der Waals surface area contributed by atoms with Gasteiger partial charge in [-0.15, -0.1) is 0 Å². The average Bonchev–Trinajstić information content (AvgIpc) is 2.42. The lowest BCUT2D eigenvalue weighted by molar-refractivity contribution is -0.122. The highest BCUT2D eigenvalue weighted by molar-refractivity contribution is 5.81. The number of ether oxygens (including phenoxy) is 1. The lowest BCUT2D eigenvalue weighted by Crippen LogP contribution is -2.42. The maximum absolute atomic E-state index is 13.5. The Hall–Kier alpha value is -1.62. The number of amides is 1. The molecule has 4 nitrogen and oxygen atoms in total. The minimum absolute atomic E-state index is 0.0455. The monoisotopic (exact) mass is 268 g/mol. The minimum atomic E-state index is -0.398. The van der Waals surface area contributed by atoms with Gasteiger partial charge in [-0.2, -0.15) is 0 Å². The van der Waals surface area contributed by atoms with E-state index in [2.05, 4.69) is 10.6 Å².